The number of nitrogens with one attached hydrogen (secondary N) is 1. The van der Waals surface area contributed by atoms with Crippen LogP contribution in [-0.4, -0.2) is 36.5 Å². The van der Waals surface area contributed by atoms with Gasteiger partial charge in [-0.05, 0) is 12.8 Å². The van der Waals surface area contributed by atoms with Crippen molar-refractivity contribution in [2.24, 2.45) is 5.84 Å². The van der Waals surface area contributed by atoms with Crippen molar-refractivity contribution in [1.82, 2.24) is 15.2 Å². The van der Waals surface area contributed by atoms with Gasteiger partial charge < -0.3 is 9.47 Å². The fourth-order valence-electron chi connectivity index (χ4n) is 1.95. The lowest BCUT2D eigenvalue weighted by molar-refractivity contribution is 0.0141. The van der Waals surface area contributed by atoms with Gasteiger partial charge in [0.1, 0.15) is 6.61 Å². The highest BCUT2D eigenvalue weighted by Gasteiger charge is 2.20. The number of hydrogen-bond donors (Lipinski definition) is 2. The second-order valence-electron chi connectivity index (χ2n) is 4.30. The van der Waals surface area contributed by atoms with Gasteiger partial charge in [0.15, 0.2) is 5.75 Å². The van der Waals surface area contributed by atoms with Gasteiger partial charge >= 0.3 is 0 Å². The van der Waals surface area contributed by atoms with Gasteiger partial charge in [-0.15, -0.1) is 0 Å². The van der Waals surface area contributed by atoms with Crippen LogP contribution in [0.15, 0.2) is 6.20 Å². The summed E-state index contributed by atoms with van der Waals surface area (Å²) in [6, 6.07) is -0.267. The Morgan fingerprint density at radius 2 is 2.25 bits per heavy atom. The third-order valence-electron chi connectivity index (χ3n) is 2.83. The smallest absolute Gasteiger partial charge is 0.261 e. The summed E-state index contributed by atoms with van der Waals surface area (Å²) >= 11 is 0. The van der Waals surface area contributed by atoms with Crippen molar-refractivity contribution >= 4 is 0 Å². The number of halogens is 2. The average Bonchev–Trinajstić information content (AvgIpc) is 2.82. The summed E-state index contributed by atoms with van der Waals surface area (Å²) in [5.74, 6) is 6.16. The molecule has 116 valence electrons. The molecule has 0 aliphatic heterocycles. The number of nitrogens with zero attached hydrogens (tertiary/aromatic N) is 2. The molecule has 0 saturated carbocycles. The van der Waals surface area contributed by atoms with Crippen molar-refractivity contribution in [2.75, 3.05) is 20.3 Å². The highest BCUT2D eigenvalue weighted by molar-refractivity contribution is 5.28. The minimum Gasteiger partial charge on any atom is -0.493 e. The van der Waals surface area contributed by atoms with Crippen LogP contribution in [0.5, 0.6) is 5.75 Å². The molecule has 6 nitrogen and oxygen atoms in total. The minimum absolute atomic E-state index is 0.180. The summed E-state index contributed by atoms with van der Waals surface area (Å²) in [5, 5.41) is 4.24. The highest BCUT2D eigenvalue weighted by atomic mass is 19.3. The molecule has 1 aromatic rings. The van der Waals surface area contributed by atoms with Crippen molar-refractivity contribution in [2.45, 2.75) is 38.8 Å². The number of alkyl halides is 2. The van der Waals surface area contributed by atoms with Crippen LogP contribution in [0.1, 0.15) is 31.5 Å². The lowest BCUT2D eigenvalue weighted by Crippen LogP contribution is -2.31. The maximum absolute atomic E-state index is 12.0. The molecule has 1 atom stereocenters. The lowest BCUT2D eigenvalue weighted by atomic mass is 10.1. The molecule has 0 aliphatic rings. The fraction of sp³-hybridized carbons (Fsp3) is 0.750. The summed E-state index contributed by atoms with van der Waals surface area (Å²) in [6.07, 6.45) is 0.529. The molecule has 0 saturated heterocycles. The predicted octanol–water partition coefficient (Wildman–Crippen LogP) is 1.48. The molecule has 3 N–H and O–H groups in total. The number of aryl methyl sites for hydroxylation is 1. The zero-order valence-corrected chi connectivity index (χ0v) is 11.8. The first-order chi connectivity index (χ1) is 9.63. The Hall–Kier alpha value is -1.25. The molecule has 0 fully saturated rings. The summed E-state index contributed by atoms with van der Waals surface area (Å²) in [4.78, 5) is 0. The topological polar surface area (TPSA) is 74.3 Å². The van der Waals surface area contributed by atoms with Gasteiger partial charge in [0.2, 0.25) is 0 Å². The van der Waals surface area contributed by atoms with Crippen LogP contribution >= 0.6 is 0 Å². The summed E-state index contributed by atoms with van der Waals surface area (Å²) in [7, 11) is 1.55. The molecule has 1 aromatic heterocycles. The minimum atomic E-state index is -2.46. The zero-order valence-electron chi connectivity index (χ0n) is 11.8. The van der Waals surface area contributed by atoms with Gasteiger partial charge in [-0.2, -0.15) is 5.10 Å². The summed E-state index contributed by atoms with van der Waals surface area (Å²) in [5.41, 5.74) is 3.46. The maximum Gasteiger partial charge on any atom is 0.261 e. The Morgan fingerprint density at radius 3 is 2.80 bits per heavy atom. The van der Waals surface area contributed by atoms with E-state index in [0.29, 0.717) is 12.2 Å². The van der Waals surface area contributed by atoms with Crippen molar-refractivity contribution in [1.29, 1.82) is 0 Å². The second-order valence-corrected chi connectivity index (χ2v) is 4.30. The quantitative estimate of drug-likeness (QED) is 0.388. The fourth-order valence-corrected chi connectivity index (χ4v) is 1.95. The molecule has 1 unspecified atom stereocenters. The number of ether oxygens (including phenoxy) is 2. The first kappa shape index (κ1) is 16.8. The third kappa shape index (κ3) is 4.69. The van der Waals surface area contributed by atoms with Crippen LogP contribution in [0.4, 0.5) is 8.78 Å². The van der Waals surface area contributed by atoms with E-state index in [-0.39, 0.29) is 12.6 Å². The Kier molecular flexibility index (Phi) is 7.42. The molecule has 8 heteroatoms. The molecule has 1 heterocycles. The molecule has 0 aromatic carbocycles. The highest BCUT2D eigenvalue weighted by Crippen LogP contribution is 2.27. The van der Waals surface area contributed by atoms with E-state index in [1.165, 1.54) is 0 Å². The van der Waals surface area contributed by atoms with Crippen molar-refractivity contribution in [3.05, 3.63) is 11.9 Å². The maximum atomic E-state index is 12.0. The van der Waals surface area contributed by atoms with E-state index in [1.807, 2.05) is 6.92 Å². The number of aromatic nitrogens is 2. The first-order valence-corrected chi connectivity index (χ1v) is 6.55. The van der Waals surface area contributed by atoms with Crippen molar-refractivity contribution in [3.63, 3.8) is 0 Å². The monoisotopic (exact) mass is 292 g/mol. The molecule has 0 radical (unpaired) electrons. The first-order valence-electron chi connectivity index (χ1n) is 6.55. The van der Waals surface area contributed by atoms with E-state index in [1.54, 1.807) is 18.0 Å². The standard InChI is InChI=1S/C12H22F2N4O2/c1-3-5-18-12(10(19-2)7-16-18)9(17-15)4-6-20-8-11(13)14/h7,9,11,17H,3-6,8,15H2,1-2H3. The third-order valence-corrected chi connectivity index (χ3v) is 2.83. The van der Waals surface area contributed by atoms with Crippen molar-refractivity contribution in [3.8, 4) is 5.75 Å². The average molecular weight is 292 g/mol. The molecular formula is C12H22F2N4O2. The summed E-state index contributed by atoms with van der Waals surface area (Å²) in [6.45, 7) is 2.38. The molecule has 0 bridgehead atoms. The number of nitrogens with two attached hydrogens (primary N) is 1. The number of rotatable bonds is 10. The lowest BCUT2D eigenvalue weighted by Gasteiger charge is -2.19. The van der Waals surface area contributed by atoms with Gasteiger partial charge in [0.05, 0.1) is 25.0 Å². The second kappa shape index (κ2) is 8.83. The largest absolute Gasteiger partial charge is 0.493 e. The number of hydrogen-bond acceptors (Lipinski definition) is 5. The Morgan fingerprint density at radius 1 is 1.50 bits per heavy atom. The number of hydrazine groups is 1. The van der Waals surface area contributed by atoms with Crippen LogP contribution in [-0.2, 0) is 11.3 Å². The molecule has 0 aliphatic carbocycles. The van der Waals surface area contributed by atoms with Crippen LogP contribution in [0, 0.1) is 0 Å². The molecular weight excluding hydrogens is 270 g/mol. The van der Waals surface area contributed by atoms with E-state index >= 15 is 0 Å². The predicted molar refractivity (Wildman–Crippen MR) is 70.6 cm³/mol. The van der Waals surface area contributed by atoms with E-state index in [0.717, 1.165) is 18.7 Å². The van der Waals surface area contributed by atoms with Gasteiger partial charge in [-0.25, -0.2) is 8.78 Å². The van der Waals surface area contributed by atoms with Crippen LogP contribution < -0.4 is 16.0 Å². The van der Waals surface area contributed by atoms with Gasteiger partial charge in [0.25, 0.3) is 6.43 Å². The Labute approximate surface area is 117 Å². The van der Waals surface area contributed by atoms with E-state index in [9.17, 15) is 8.78 Å². The van der Waals surface area contributed by atoms with E-state index in [4.69, 9.17) is 15.3 Å². The van der Waals surface area contributed by atoms with Gasteiger partial charge in [-0.1, -0.05) is 6.92 Å². The van der Waals surface area contributed by atoms with Gasteiger partial charge in [-0.3, -0.25) is 16.0 Å². The van der Waals surface area contributed by atoms with Gasteiger partial charge in [0, 0.05) is 13.2 Å². The molecule has 0 amide bonds. The van der Waals surface area contributed by atoms with Crippen LogP contribution in [0.2, 0.25) is 0 Å². The van der Waals surface area contributed by atoms with Crippen molar-refractivity contribution < 1.29 is 18.3 Å². The Balaban J connectivity index is 2.69. The van der Waals surface area contributed by atoms with Crippen LogP contribution in [0.3, 0.4) is 0 Å². The van der Waals surface area contributed by atoms with E-state index < -0.39 is 13.0 Å². The normalized spacial score (nSPS) is 12.9. The SMILES string of the molecule is CCCn1ncc(OC)c1C(CCOCC(F)F)NN. The number of methoxy groups -OCH3 is 1. The molecule has 20 heavy (non-hydrogen) atoms. The Bertz CT molecular complexity index is 388. The molecule has 0 spiro atoms. The van der Waals surface area contributed by atoms with E-state index in [2.05, 4.69) is 10.5 Å². The molecule has 1 rings (SSSR count). The zero-order chi connectivity index (χ0) is 15.0. The summed E-state index contributed by atoms with van der Waals surface area (Å²) < 4.78 is 35.9. The van der Waals surface area contributed by atoms with Crippen LogP contribution in [0.25, 0.3) is 0 Å².